The molecule has 0 radical (unpaired) electrons. The predicted octanol–water partition coefficient (Wildman–Crippen LogP) is 3.50. The minimum Gasteiger partial charge on any atom is -0.465 e. The normalized spacial score (nSPS) is 17.7. The van der Waals surface area contributed by atoms with Gasteiger partial charge in [-0.3, -0.25) is 19.7 Å². The lowest BCUT2D eigenvalue weighted by Crippen LogP contribution is -2.41. The summed E-state index contributed by atoms with van der Waals surface area (Å²) >= 11 is 0. The summed E-state index contributed by atoms with van der Waals surface area (Å²) in [6, 6.07) is 11.9. The van der Waals surface area contributed by atoms with Crippen LogP contribution in [0.2, 0.25) is 0 Å². The third-order valence-corrected chi connectivity index (χ3v) is 13.6. The Bertz CT molecular complexity index is 1850. The Kier molecular flexibility index (Phi) is 15.4. The number of piperidine rings is 3. The fraction of sp³-hybridized carbons (Fsp3) is 0.459. The quantitative estimate of drug-likeness (QED) is 0.232. The first kappa shape index (κ1) is 42.2. The minimum absolute atomic E-state index is 0.0315. The van der Waals surface area contributed by atoms with Crippen LogP contribution in [-0.2, 0) is 29.6 Å². The van der Waals surface area contributed by atoms with Gasteiger partial charge in [0.15, 0.2) is 0 Å². The SMILES string of the molecule is C=CC(=O)NCC1CCN(S(=O)(=O)c2ccc(C(=O)N3CCCCC3)cc2)CC1.C=CC(=O)NCC1CCN(S(=O)(=O)c2ccc(NC(=O)O)cc2)CC1. The van der Waals surface area contributed by atoms with Gasteiger partial charge in [0.25, 0.3) is 5.91 Å². The highest BCUT2D eigenvalue weighted by molar-refractivity contribution is 7.89. The van der Waals surface area contributed by atoms with Crippen LogP contribution in [0, 0.1) is 11.8 Å². The van der Waals surface area contributed by atoms with Crippen LogP contribution >= 0.6 is 0 Å². The van der Waals surface area contributed by atoms with Gasteiger partial charge in [0.1, 0.15) is 0 Å². The summed E-state index contributed by atoms with van der Waals surface area (Å²) in [7, 11) is -7.20. The Morgan fingerprint density at radius 3 is 1.44 bits per heavy atom. The molecule has 0 saturated carbocycles. The standard InChI is InChI=1S/C21H29N3O4S.C16H21N3O5S/c1-2-20(25)22-16-17-10-14-24(15-11-17)29(27,28)19-8-6-18(7-9-19)21(26)23-12-4-3-5-13-23;1-2-15(20)17-11-12-7-9-19(10-8-12)25(23,24)14-5-3-13(4-6-14)18-16(21)22/h2,6-9,17H,1,3-5,10-16H2,(H,22,25);2-6,12,18H,1,7-11H2,(H,17,20)(H,21,22). The molecule has 54 heavy (non-hydrogen) atoms. The van der Waals surface area contributed by atoms with Gasteiger partial charge in [-0.1, -0.05) is 13.2 Å². The van der Waals surface area contributed by atoms with Crippen LogP contribution in [0.4, 0.5) is 10.5 Å². The van der Waals surface area contributed by atoms with Gasteiger partial charge in [0.2, 0.25) is 31.9 Å². The van der Waals surface area contributed by atoms with Crippen LogP contribution in [0.1, 0.15) is 55.3 Å². The number of sulfonamides is 2. The smallest absolute Gasteiger partial charge is 0.409 e. The molecule has 0 bridgehead atoms. The highest BCUT2D eigenvalue weighted by Crippen LogP contribution is 2.26. The monoisotopic (exact) mass is 786 g/mol. The Labute approximate surface area is 317 Å². The van der Waals surface area contributed by atoms with E-state index in [2.05, 4.69) is 29.1 Å². The van der Waals surface area contributed by atoms with E-state index in [0.29, 0.717) is 76.2 Å². The molecule has 4 amide bonds. The highest BCUT2D eigenvalue weighted by Gasteiger charge is 2.31. The van der Waals surface area contributed by atoms with E-state index >= 15 is 0 Å². The van der Waals surface area contributed by atoms with Crippen LogP contribution in [0.5, 0.6) is 0 Å². The average molecular weight is 787 g/mol. The van der Waals surface area contributed by atoms with E-state index < -0.39 is 26.1 Å². The first-order valence-electron chi connectivity index (χ1n) is 18.0. The molecule has 0 atom stereocenters. The van der Waals surface area contributed by atoms with Crippen molar-refractivity contribution in [2.24, 2.45) is 11.8 Å². The number of benzene rings is 2. The van der Waals surface area contributed by atoms with Crippen molar-refractivity contribution in [3.63, 3.8) is 0 Å². The predicted molar refractivity (Wildman–Crippen MR) is 204 cm³/mol. The number of nitrogens with zero attached hydrogens (tertiary/aromatic N) is 3. The third kappa shape index (κ3) is 11.7. The minimum atomic E-state index is -3.61. The van der Waals surface area contributed by atoms with Crippen LogP contribution in [0.15, 0.2) is 83.6 Å². The van der Waals surface area contributed by atoms with Crippen LogP contribution < -0.4 is 16.0 Å². The Morgan fingerprint density at radius 1 is 0.648 bits per heavy atom. The van der Waals surface area contributed by atoms with Gasteiger partial charge in [0, 0.05) is 63.6 Å². The molecule has 17 heteroatoms. The average Bonchev–Trinajstić information content (AvgIpc) is 3.19. The van der Waals surface area contributed by atoms with E-state index in [1.165, 1.54) is 57.2 Å². The third-order valence-electron chi connectivity index (χ3n) is 9.77. The Morgan fingerprint density at radius 2 is 1.06 bits per heavy atom. The number of carbonyl (C=O) groups excluding carboxylic acids is 3. The second kappa shape index (κ2) is 19.7. The molecule has 5 rings (SSSR count). The Hall–Kier alpha value is -4.58. The number of rotatable bonds is 12. The lowest BCUT2D eigenvalue weighted by Gasteiger charge is -2.31. The van der Waals surface area contributed by atoms with E-state index in [1.807, 2.05) is 4.90 Å². The molecule has 2 aromatic rings. The van der Waals surface area contributed by atoms with E-state index in [-0.39, 0.29) is 39.3 Å². The molecule has 0 unspecified atom stereocenters. The molecule has 0 aliphatic carbocycles. The van der Waals surface area contributed by atoms with E-state index in [1.54, 1.807) is 12.1 Å². The summed E-state index contributed by atoms with van der Waals surface area (Å²) in [4.78, 5) is 47.8. The fourth-order valence-corrected chi connectivity index (χ4v) is 9.46. The van der Waals surface area contributed by atoms with Crippen molar-refractivity contribution in [2.45, 2.75) is 54.7 Å². The van der Waals surface area contributed by atoms with Gasteiger partial charge >= 0.3 is 6.09 Å². The molecular formula is C37H50N6O9S2. The van der Waals surface area contributed by atoms with Gasteiger partial charge < -0.3 is 20.6 Å². The summed E-state index contributed by atoms with van der Waals surface area (Å²) < 4.78 is 54.1. The zero-order valence-corrected chi connectivity index (χ0v) is 32.0. The summed E-state index contributed by atoms with van der Waals surface area (Å²) in [5, 5.41) is 16.3. The topological polar surface area (TPSA) is 203 Å². The van der Waals surface area contributed by atoms with Crippen molar-refractivity contribution in [3.8, 4) is 0 Å². The number of carboxylic acid groups (broad SMARTS) is 1. The van der Waals surface area contributed by atoms with Crippen LogP contribution in [0.3, 0.4) is 0 Å². The molecule has 0 spiro atoms. The van der Waals surface area contributed by atoms with Crippen molar-refractivity contribution in [2.75, 3.05) is 57.7 Å². The van der Waals surface area contributed by atoms with E-state index in [0.717, 1.165) is 32.4 Å². The number of hydrogen-bond donors (Lipinski definition) is 4. The lowest BCUT2D eigenvalue weighted by atomic mass is 9.98. The molecule has 294 valence electrons. The first-order chi connectivity index (χ1) is 25.7. The number of anilines is 1. The summed E-state index contributed by atoms with van der Waals surface area (Å²) in [5.41, 5.74) is 0.839. The number of nitrogens with one attached hydrogen (secondary N) is 3. The molecule has 4 N–H and O–H groups in total. The molecule has 3 heterocycles. The Balaban J connectivity index is 0.000000244. The van der Waals surface area contributed by atoms with Crippen molar-refractivity contribution in [3.05, 3.63) is 79.4 Å². The highest BCUT2D eigenvalue weighted by atomic mass is 32.2. The van der Waals surface area contributed by atoms with Crippen molar-refractivity contribution in [1.82, 2.24) is 24.1 Å². The van der Waals surface area contributed by atoms with Crippen LogP contribution in [0.25, 0.3) is 0 Å². The molecular weight excluding hydrogens is 737 g/mol. The molecule has 2 aromatic carbocycles. The molecule has 3 aliphatic heterocycles. The molecule has 15 nitrogen and oxygen atoms in total. The second-order valence-electron chi connectivity index (χ2n) is 13.4. The summed E-state index contributed by atoms with van der Waals surface area (Å²) in [6.45, 7) is 11.0. The van der Waals surface area contributed by atoms with Gasteiger partial charge in [-0.25, -0.2) is 21.6 Å². The summed E-state index contributed by atoms with van der Waals surface area (Å²) in [6.07, 6.45) is 7.15. The maximum Gasteiger partial charge on any atom is 0.409 e. The van der Waals surface area contributed by atoms with Gasteiger partial charge in [-0.2, -0.15) is 8.61 Å². The van der Waals surface area contributed by atoms with Gasteiger partial charge in [0.05, 0.1) is 9.79 Å². The zero-order chi connectivity index (χ0) is 39.3. The second-order valence-corrected chi connectivity index (χ2v) is 17.3. The maximum absolute atomic E-state index is 12.9. The van der Waals surface area contributed by atoms with E-state index in [4.69, 9.17) is 5.11 Å². The number of amides is 4. The number of hydrogen-bond acceptors (Lipinski definition) is 8. The van der Waals surface area contributed by atoms with Crippen molar-refractivity contribution < 1.29 is 41.1 Å². The van der Waals surface area contributed by atoms with E-state index in [9.17, 15) is 36.0 Å². The molecule has 0 aromatic heterocycles. The van der Waals surface area contributed by atoms with Crippen molar-refractivity contribution in [1.29, 1.82) is 0 Å². The fourth-order valence-electron chi connectivity index (χ4n) is 6.52. The largest absolute Gasteiger partial charge is 0.465 e. The molecule has 3 saturated heterocycles. The lowest BCUT2D eigenvalue weighted by molar-refractivity contribution is -0.117. The van der Waals surface area contributed by atoms with Gasteiger partial charge in [-0.15, -0.1) is 0 Å². The molecule has 3 fully saturated rings. The van der Waals surface area contributed by atoms with Crippen LogP contribution in [-0.4, -0.2) is 112 Å². The zero-order valence-electron chi connectivity index (χ0n) is 30.3. The maximum atomic E-state index is 12.9. The molecule has 3 aliphatic rings. The van der Waals surface area contributed by atoms with Gasteiger partial charge in [-0.05, 0) is 117 Å². The van der Waals surface area contributed by atoms with Crippen molar-refractivity contribution >= 4 is 49.5 Å². The summed E-state index contributed by atoms with van der Waals surface area (Å²) in [5.74, 6) is 0.0211. The first-order valence-corrected chi connectivity index (χ1v) is 20.9. The number of carbonyl (C=O) groups is 4. The number of likely N-dealkylation sites (tertiary alicyclic amines) is 1.